The van der Waals surface area contributed by atoms with Crippen molar-refractivity contribution in [3.05, 3.63) is 82.1 Å². The zero-order valence-corrected chi connectivity index (χ0v) is 15.1. The molecule has 1 aromatic carbocycles. The van der Waals surface area contributed by atoms with Gasteiger partial charge in [-0.1, -0.05) is 6.08 Å². The van der Waals surface area contributed by atoms with E-state index >= 15 is 0 Å². The van der Waals surface area contributed by atoms with Crippen molar-refractivity contribution < 1.29 is 4.79 Å². The molecule has 0 bridgehead atoms. The van der Waals surface area contributed by atoms with Gasteiger partial charge in [-0.2, -0.15) is 0 Å². The van der Waals surface area contributed by atoms with Gasteiger partial charge in [-0.25, -0.2) is 9.78 Å². The Morgan fingerprint density at radius 1 is 1.21 bits per heavy atom. The van der Waals surface area contributed by atoms with Gasteiger partial charge in [0.1, 0.15) is 0 Å². The maximum absolute atomic E-state index is 12.5. The lowest BCUT2D eigenvalue weighted by molar-refractivity contribution is 0.0940. The lowest BCUT2D eigenvalue weighted by Crippen LogP contribution is -2.35. The van der Waals surface area contributed by atoms with E-state index in [0.29, 0.717) is 23.3 Å². The number of allylic oxidation sites excluding steroid dienone is 2. The summed E-state index contributed by atoms with van der Waals surface area (Å²) < 4.78 is 1.61. The van der Waals surface area contributed by atoms with Gasteiger partial charge >= 0.3 is 5.69 Å². The highest BCUT2D eigenvalue weighted by Gasteiger charge is 2.26. The van der Waals surface area contributed by atoms with Crippen LogP contribution in [0.5, 0.6) is 0 Å². The van der Waals surface area contributed by atoms with Crippen LogP contribution in [0.3, 0.4) is 0 Å². The standard InChI is InChI=1S/C21H19N5O2/c27-20-16-4-3-15(26-18-2-1-7-23-19(18)25-21(26)28)11-17(16)14(12-24-20)10-13-5-8-22-9-6-13/h1-8,11,14,22H,9-10,12H2,(H,24,27)(H,23,25,28). The number of nitrogens with one attached hydrogen (secondary N) is 3. The molecule has 0 saturated heterocycles. The summed E-state index contributed by atoms with van der Waals surface area (Å²) in [5.41, 5.74) is 4.64. The fourth-order valence-corrected chi connectivity index (χ4v) is 3.96. The zero-order valence-electron chi connectivity index (χ0n) is 15.1. The summed E-state index contributed by atoms with van der Waals surface area (Å²) >= 11 is 0. The van der Waals surface area contributed by atoms with E-state index in [1.165, 1.54) is 5.57 Å². The van der Waals surface area contributed by atoms with E-state index in [0.717, 1.165) is 24.2 Å². The van der Waals surface area contributed by atoms with Crippen molar-refractivity contribution in [2.45, 2.75) is 12.3 Å². The molecule has 7 nitrogen and oxygen atoms in total. The van der Waals surface area contributed by atoms with Crippen LogP contribution in [0.25, 0.3) is 16.9 Å². The second-order valence-electron chi connectivity index (χ2n) is 7.04. The number of H-pyrrole nitrogens is 1. The van der Waals surface area contributed by atoms with Crippen LogP contribution in [0, 0.1) is 0 Å². The molecule has 2 aliphatic heterocycles. The third-order valence-electron chi connectivity index (χ3n) is 5.32. The van der Waals surface area contributed by atoms with Gasteiger partial charge in [-0.15, -0.1) is 0 Å². The molecule has 28 heavy (non-hydrogen) atoms. The highest BCUT2D eigenvalue weighted by Crippen LogP contribution is 2.32. The summed E-state index contributed by atoms with van der Waals surface area (Å²) in [6.45, 7) is 1.40. The van der Waals surface area contributed by atoms with E-state index in [1.807, 2.05) is 24.4 Å². The Morgan fingerprint density at radius 3 is 3.00 bits per heavy atom. The van der Waals surface area contributed by atoms with E-state index in [-0.39, 0.29) is 17.5 Å². The maximum Gasteiger partial charge on any atom is 0.332 e. The number of aromatic amines is 1. The van der Waals surface area contributed by atoms with Gasteiger partial charge in [0.05, 0.1) is 11.2 Å². The highest BCUT2D eigenvalue weighted by atomic mass is 16.2. The molecule has 1 atom stereocenters. The number of carbonyl (C=O) groups excluding carboxylic acids is 1. The smallest absolute Gasteiger partial charge is 0.332 e. The molecule has 3 aromatic rings. The number of dihydropyridines is 1. The molecule has 3 N–H and O–H groups in total. The molecule has 1 amide bonds. The summed E-state index contributed by atoms with van der Waals surface area (Å²) in [4.78, 5) is 31.9. The minimum absolute atomic E-state index is 0.0689. The topological polar surface area (TPSA) is 91.8 Å². The van der Waals surface area contributed by atoms with Crippen molar-refractivity contribution in [2.75, 3.05) is 13.1 Å². The molecular formula is C21H19N5O2. The molecule has 0 spiro atoms. The van der Waals surface area contributed by atoms with Gasteiger partial charge in [0, 0.05) is 30.8 Å². The fraction of sp³-hybridized carbons (Fsp3) is 0.190. The first kappa shape index (κ1) is 16.6. The average Bonchev–Trinajstić information content (AvgIpc) is 3.06. The van der Waals surface area contributed by atoms with Crippen molar-refractivity contribution in [1.82, 2.24) is 25.2 Å². The number of amides is 1. The van der Waals surface area contributed by atoms with Crippen LogP contribution in [0.2, 0.25) is 0 Å². The molecule has 140 valence electrons. The molecule has 0 saturated carbocycles. The van der Waals surface area contributed by atoms with Crippen molar-refractivity contribution in [3.63, 3.8) is 0 Å². The van der Waals surface area contributed by atoms with Crippen LogP contribution in [0.1, 0.15) is 28.3 Å². The van der Waals surface area contributed by atoms with Crippen molar-refractivity contribution in [1.29, 1.82) is 0 Å². The minimum Gasteiger partial charge on any atom is -0.387 e. The van der Waals surface area contributed by atoms with E-state index < -0.39 is 0 Å². The van der Waals surface area contributed by atoms with E-state index in [9.17, 15) is 9.59 Å². The third-order valence-corrected chi connectivity index (χ3v) is 5.32. The normalized spacial score (nSPS) is 18.4. The first-order chi connectivity index (χ1) is 13.7. The number of fused-ring (bicyclic) bond motifs is 2. The number of carbonyl (C=O) groups is 1. The van der Waals surface area contributed by atoms with Gasteiger partial charge in [-0.3, -0.25) is 14.3 Å². The number of hydrogen-bond acceptors (Lipinski definition) is 4. The average molecular weight is 373 g/mol. The maximum atomic E-state index is 12.5. The Balaban J connectivity index is 1.61. The quantitative estimate of drug-likeness (QED) is 0.655. The Morgan fingerprint density at radius 2 is 2.14 bits per heavy atom. The Hall–Kier alpha value is -3.61. The van der Waals surface area contributed by atoms with Crippen molar-refractivity contribution in [2.24, 2.45) is 0 Å². The van der Waals surface area contributed by atoms with Gasteiger partial charge in [0.25, 0.3) is 5.91 Å². The third kappa shape index (κ3) is 2.72. The predicted molar refractivity (Wildman–Crippen MR) is 107 cm³/mol. The van der Waals surface area contributed by atoms with Crippen LogP contribution in [-0.2, 0) is 0 Å². The molecule has 0 radical (unpaired) electrons. The lowest BCUT2D eigenvalue weighted by Gasteiger charge is -2.27. The largest absolute Gasteiger partial charge is 0.387 e. The van der Waals surface area contributed by atoms with Crippen LogP contribution < -0.4 is 16.3 Å². The Labute approximate surface area is 160 Å². The van der Waals surface area contributed by atoms with Gasteiger partial charge < -0.3 is 10.6 Å². The minimum atomic E-state index is -0.241. The highest BCUT2D eigenvalue weighted by molar-refractivity contribution is 5.97. The molecule has 0 aliphatic carbocycles. The molecule has 4 heterocycles. The number of imidazole rings is 1. The number of hydrogen-bond donors (Lipinski definition) is 3. The van der Waals surface area contributed by atoms with Crippen molar-refractivity contribution >= 4 is 17.1 Å². The Bertz CT molecular complexity index is 1200. The summed E-state index contributed by atoms with van der Waals surface area (Å²) in [7, 11) is 0. The summed E-state index contributed by atoms with van der Waals surface area (Å²) in [6.07, 6.45) is 8.66. The van der Waals surface area contributed by atoms with E-state index in [2.05, 4.69) is 32.8 Å². The van der Waals surface area contributed by atoms with Crippen LogP contribution in [0.15, 0.2) is 65.2 Å². The van der Waals surface area contributed by atoms with Gasteiger partial charge in [0.2, 0.25) is 0 Å². The fourth-order valence-electron chi connectivity index (χ4n) is 3.96. The zero-order chi connectivity index (χ0) is 19.1. The second-order valence-corrected chi connectivity index (χ2v) is 7.04. The predicted octanol–water partition coefficient (Wildman–Crippen LogP) is 1.97. The lowest BCUT2D eigenvalue weighted by atomic mass is 9.85. The molecule has 5 rings (SSSR count). The summed E-state index contributed by atoms with van der Waals surface area (Å²) in [5.74, 6) is 0.0845. The monoisotopic (exact) mass is 373 g/mol. The number of aromatic nitrogens is 3. The molecule has 7 heteroatoms. The van der Waals surface area contributed by atoms with Crippen LogP contribution >= 0.6 is 0 Å². The van der Waals surface area contributed by atoms with E-state index in [1.54, 1.807) is 22.9 Å². The summed E-state index contributed by atoms with van der Waals surface area (Å²) in [5, 5.41) is 6.14. The van der Waals surface area contributed by atoms with Gasteiger partial charge in [0.15, 0.2) is 5.65 Å². The molecule has 2 aliphatic rings. The SMILES string of the molecule is O=C1NCC(CC2=CCNC=C2)c2cc(-n3c(=O)[nH]c4ncccc43)ccc21. The summed E-state index contributed by atoms with van der Waals surface area (Å²) in [6, 6.07) is 9.24. The molecular weight excluding hydrogens is 354 g/mol. The molecule has 0 fully saturated rings. The van der Waals surface area contributed by atoms with Crippen LogP contribution in [0.4, 0.5) is 0 Å². The first-order valence-electron chi connectivity index (χ1n) is 9.28. The first-order valence-corrected chi connectivity index (χ1v) is 9.28. The van der Waals surface area contributed by atoms with E-state index in [4.69, 9.17) is 0 Å². The number of pyridine rings is 1. The van der Waals surface area contributed by atoms with Gasteiger partial charge in [-0.05, 0) is 60.2 Å². The van der Waals surface area contributed by atoms with Crippen molar-refractivity contribution in [3.8, 4) is 5.69 Å². The number of nitrogens with zero attached hydrogens (tertiary/aromatic N) is 2. The van der Waals surface area contributed by atoms with Crippen LogP contribution in [-0.4, -0.2) is 33.5 Å². The molecule has 2 aromatic heterocycles. The molecule has 1 unspecified atom stereocenters. The second kappa shape index (κ2) is 6.53. The number of rotatable bonds is 3. The Kier molecular flexibility index (Phi) is 3.86. The number of benzene rings is 1.